The van der Waals surface area contributed by atoms with E-state index in [1.54, 1.807) is 12.1 Å². The number of hydrogen-bond donors (Lipinski definition) is 3. The van der Waals surface area contributed by atoms with Crippen molar-refractivity contribution >= 4 is 36.0 Å². The van der Waals surface area contributed by atoms with Crippen molar-refractivity contribution in [1.29, 1.82) is 0 Å². The normalized spacial score (nSPS) is 11.3. The van der Waals surface area contributed by atoms with Crippen molar-refractivity contribution in [2.75, 3.05) is 26.0 Å². The van der Waals surface area contributed by atoms with E-state index in [0.29, 0.717) is 31.2 Å². The second kappa shape index (κ2) is 13.1. The number of rotatable bonds is 14. The smallest absolute Gasteiger partial charge is 0.303 e. The average Bonchev–Trinajstić information content (AvgIpc) is 2.74. The molecule has 0 aliphatic carbocycles. The van der Waals surface area contributed by atoms with E-state index in [-0.39, 0.29) is 36.3 Å². The molecule has 1 aromatic rings. The van der Waals surface area contributed by atoms with Crippen LogP contribution in [0.5, 0.6) is 0 Å². The summed E-state index contributed by atoms with van der Waals surface area (Å²) in [6, 6.07) is 4.04. The molecule has 0 fully saturated rings. The van der Waals surface area contributed by atoms with Crippen molar-refractivity contribution in [1.82, 2.24) is 10.2 Å². The monoisotopic (exact) mass is 419 g/mol. The minimum atomic E-state index is -0.828. The molecular formula is C21H29N3O6. The zero-order valence-electron chi connectivity index (χ0n) is 17.3. The average molecular weight is 419 g/mol. The van der Waals surface area contributed by atoms with Crippen molar-refractivity contribution in [3.8, 4) is 0 Å². The van der Waals surface area contributed by atoms with Gasteiger partial charge in [0.05, 0.1) is 17.2 Å². The van der Waals surface area contributed by atoms with Crippen molar-refractivity contribution in [3.63, 3.8) is 0 Å². The van der Waals surface area contributed by atoms with E-state index in [4.69, 9.17) is 5.11 Å². The number of nitrogens with one attached hydrogen (secondary N) is 2. The van der Waals surface area contributed by atoms with E-state index in [0.717, 1.165) is 12.8 Å². The van der Waals surface area contributed by atoms with Gasteiger partial charge in [-0.1, -0.05) is 12.5 Å². The van der Waals surface area contributed by atoms with Crippen LogP contribution in [0.15, 0.2) is 18.2 Å². The lowest BCUT2D eigenvalue weighted by Gasteiger charge is -2.24. The number of amides is 2. The molecule has 1 atom stereocenters. The fraction of sp³-hybridized carbons (Fsp3) is 0.476. The van der Waals surface area contributed by atoms with Crippen LogP contribution in [-0.4, -0.2) is 67.0 Å². The molecule has 1 rings (SSSR count). The molecule has 0 bridgehead atoms. The van der Waals surface area contributed by atoms with E-state index in [2.05, 4.69) is 10.6 Å². The minimum absolute atomic E-state index is 0.0987. The van der Waals surface area contributed by atoms with Crippen LogP contribution in [0.4, 0.5) is 5.69 Å². The number of aldehydes is 2. The summed E-state index contributed by atoms with van der Waals surface area (Å²) in [5, 5.41) is 14.2. The molecule has 1 aromatic carbocycles. The molecule has 9 heteroatoms. The molecule has 3 N–H and O–H groups in total. The number of benzene rings is 1. The van der Waals surface area contributed by atoms with Gasteiger partial charge in [-0.05, 0) is 31.4 Å². The predicted molar refractivity (Wildman–Crippen MR) is 112 cm³/mol. The van der Waals surface area contributed by atoms with E-state index >= 15 is 0 Å². The molecule has 164 valence electrons. The Balaban J connectivity index is 2.82. The first-order valence-electron chi connectivity index (χ1n) is 9.82. The Morgan fingerprint density at radius 2 is 1.87 bits per heavy atom. The molecule has 9 nitrogen and oxygen atoms in total. The van der Waals surface area contributed by atoms with Crippen LogP contribution in [0.1, 0.15) is 59.2 Å². The molecular weight excluding hydrogens is 390 g/mol. The van der Waals surface area contributed by atoms with Crippen molar-refractivity contribution < 1.29 is 29.1 Å². The van der Waals surface area contributed by atoms with Gasteiger partial charge in [0, 0.05) is 39.2 Å². The van der Waals surface area contributed by atoms with Gasteiger partial charge in [-0.15, -0.1) is 0 Å². The second-order valence-corrected chi connectivity index (χ2v) is 6.85. The second-order valence-electron chi connectivity index (χ2n) is 6.85. The fourth-order valence-electron chi connectivity index (χ4n) is 2.93. The lowest BCUT2D eigenvalue weighted by Crippen LogP contribution is -2.39. The predicted octanol–water partition coefficient (Wildman–Crippen LogP) is 1.72. The summed E-state index contributed by atoms with van der Waals surface area (Å²) in [7, 11) is 2.95. The molecule has 0 radical (unpaired) electrons. The van der Waals surface area contributed by atoms with Gasteiger partial charge in [0.25, 0.3) is 5.91 Å². The lowest BCUT2D eigenvalue weighted by molar-refractivity contribution is -0.137. The standard InChI is InChI=1S/C21H29N3O6/c1-22-19(27)11-10-15(13-25)24(2)21(30)16-7-6-8-18(17(16)14-26)23-12-5-3-4-9-20(28)29/h6-8,13-15,23H,3-5,9-12H2,1-2H3,(H,22,27)(H,28,29). The molecule has 0 heterocycles. The number of hydrogen-bond acceptors (Lipinski definition) is 6. The van der Waals surface area contributed by atoms with Crippen LogP contribution < -0.4 is 10.6 Å². The van der Waals surface area contributed by atoms with Crippen LogP contribution in [0.2, 0.25) is 0 Å². The summed E-state index contributed by atoms with van der Waals surface area (Å²) < 4.78 is 0. The molecule has 0 saturated heterocycles. The first-order chi connectivity index (χ1) is 14.3. The zero-order valence-corrected chi connectivity index (χ0v) is 17.3. The van der Waals surface area contributed by atoms with Crippen LogP contribution in [-0.2, 0) is 14.4 Å². The van der Waals surface area contributed by atoms with Gasteiger partial charge in [0.1, 0.15) is 6.29 Å². The number of nitrogens with zero attached hydrogens (tertiary/aromatic N) is 1. The Morgan fingerprint density at radius 1 is 1.13 bits per heavy atom. The number of carbonyl (C=O) groups excluding carboxylic acids is 4. The number of carbonyl (C=O) groups is 5. The Morgan fingerprint density at radius 3 is 2.47 bits per heavy atom. The maximum Gasteiger partial charge on any atom is 0.303 e. The van der Waals surface area contributed by atoms with E-state index in [9.17, 15) is 24.0 Å². The van der Waals surface area contributed by atoms with E-state index in [1.807, 2.05) is 0 Å². The number of unbranched alkanes of at least 4 members (excludes halogenated alkanes) is 2. The summed E-state index contributed by atoms with van der Waals surface area (Å²) in [6.07, 6.45) is 3.62. The van der Waals surface area contributed by atoms with Gasteiger partial charge in [0.2, 0.25) is 5.91 Å². The van der Waals surface area contributed by atoms with Gasteiger partial charge in [-0.2, -0.15) is 0 Å². The van der Waals surface area contributed by atoms with Crippen LogP contribution >= 0.6 is 0 Å². The Hall–Kier alpha value is -3.23. The van der Waals surface area contributed by atoms with Crippen molar-refractivity contribution in [2.24, 2.45) is 0 Å². The SMILES string of the molecule is CNC(=O)CCC(C=O)N(C)C(=O)c1cccc(NCCCCCC(=O)O)c1C=O. The molecule has 0 aromatic heterocycles. The lowest BCUT2D eigenvalue weighted by atomic mass is 10.0. The number of carboxylic acids is 1. The molecule has 30 heavy (non-hydrogen) atoms. The molecule has 0 spiro atoms. The zero-order chi connectivity index (χ0) is 22.5. The van der Waals surface area contributed by atoms with Gasteiger partial charge in [-0.25, -0.2) is 0 Å². The first kappa shape index (κ1) is 24.8. The Labute approximate surface area is 175 Å². The Bertz CT molecular complexity index is 765. The number of likely N-dealkylation sites (N-methyl/N-ethyl adjacent to an activating group) is 1. The van der Waals surface area contributed by atoms with Gasteiger partial charge < -0.3 is 25.4 Å². The number of carboxylic acid groups (broad SMARTS) is 1. The third-order valence-electron chi connectivity index (χ3n) is 4.76. The topological polar surface area (TPSA) is 133 Å². The maximum absolute atomic E-state index is 12.9. The van der Waals surface area contributed by atoms with Crippen LogP contribution in [0, 0.1) is 0 Å². The highest BCUT2D eigenvalue weighted by Crippen LogP contribution is 2.21. The van der Waals surface area contributed by atoms with E-state index < -0.39 is 17.9 Å². The fourth-order valence-corrected chi connectivity index (χ4v) is 2.93. The summed E-state index contributed by atoms with van der Waals surface area (Å²) in [5.74, 6) is -1.55. The van der Waals surface area contributed by atoms with Crippen LogP contribution in [0.3, 0.4) is 0 Å². The summed E-state index contributed by atoms with van der Waals surface area (Å²) in [5.41, 5.74) is 0.849. The minimum Gasteiger partial charge on any atom is -0.481 e. The highest BCUT2D eigenvalue weighted by molar-refractivity contribution is 6.05. The molecule has 1 unspecified atom stereocenters. The number of anilines is 1. The largest absolute Gasteiger partial charge is 0.481 e. The third-order valence-corrected chi connectivity index (χ3v) is 4.76. The molecule has 2 amide bonds. The van der Waals surface area contributed by atoms with Crippen molar-refractivity contribution in [3.05, 3.63) is 29.3 Å². The quantitative estimate of drug-likeness (QED) is 0.309. The highest BCUT2D eigenvalue weighted by atomic mass is 16.4. The third kappa shape index (κ3) is 7.65. The number of aliphatic carboxylic acids is 1. The maximum atomic E-state index is 12.9. The van der Waals surface area contributed by atoms with E-state index in [1.165, 1.54) is 25.1 Å². The molecule has 0 aliphatic heterocycles. The summed E-state index contributed by atoms with van der Waals surface area (Å²) in [6.45, 7) is 0.525. The summed E-state index contributed by atoms with van der Waals surface area (Å²) >= 11 is 0. The Kier molecular flexibility index (Phi) is 10.8. The molecule has 0 saturated carbocycles. The van der Waals surface area contributed by atoms with Gasteiger partial charge in [-0.3, -0.25) is 19.2 Å². The van der Waals surface area contributed by atoms with Gasteiger partial charge >= 0.3 is 5.97 Å². The van der Waals surface area contributed by atoms with Gasteiger partial charge in [0.15, 0.2) is 6.29 Å². The first-order valence-corrected chi connectivity index (χ1v) is 9.82. The summed E-state index contributed by atoms with van der Waals surface area (Å²) in [4.78, 5) is 59.2. The van der Waals surface area contributed by atoms with Crippen molar-refractivity contribution in [2.45, 2.75) is 44.6 Å². The highest BCUT2D eigenvalue weighted by Gasteiger charge is 2.24. The molecule has 0 aliphatic rings. The van der Waals surface area contributed by atoms with Crippen LogP contribution in [0.25, 0.3) is 0 Å².